The van der Waals surface area contributed by atoms with Crippen molar-refractivity contribution in [2.75, 3.05) is 51.0 Å². The summed E-state index contributed by atoms with van der Waals surface area (Å²) < 4.78 is 57.9. The van der Waals surface area contributed by atoms with Gasteiger partial charge in [-0.15, -0.1) is 0 Å². The van der Waals surface area contributed by atoms with E-state index in [9.17, 15) is 16.8 Å². The summed E-state index contributed by atoms with van der Waals surface area (Å²) >= 11 is 11.3. The molecule has 0 saturated carbocycles. The van der Waals surface area contributed by atoms with Crippen LogP contribution in [0, 0.1) is 0 Å². The molecular formula is C19H23ClN4O5S3. The molecule has 1 aliphatic heterocycles. The minimum absolute atomic E-state index is 0.0466. The van der Waals surface area contributed by atoms with Gasteiger partial charge in [0.25, 0.3) is 0 Å². The zero-order chi connectivity index (χ0) is 23.5. The van der Waals surface area contributed by atoms with Crippen molar-refractivity contribution in [1.82, 2.24) is 8.61 Å². The topological polar surface area (TPSA) is 108 Å². The van der Waals surface area contributed by atoms with Crippen LogP contribution >= 0.6 is 23.8 Å². The van der Waals surface area contributed by atoms with Crippen LogP contribution in [-0.2, 0) is 24.8 Å². The molecule has 1 heterocycles. The van der Waals surface area contributed by atoms with Gasteiger partial charge >= 0.3 is 0 Å². The molecule has 0 bridgehead atoms. The number of benzene rings is 2. The molecule has 174 valence electrons. The summed E-state index contributed by atoms with van der Waals surface area (Å²) in [5.74, 6) is 0. The van der Waals surface area contributed by atoms with Crippen LogP contribution in [-0.4, -0.2) is 71.0 Å². The minimum Gasteiger partial charge on any atom is -0.379 e. The number of sulfonamides is 2. The zero-order valence-corrected chi connectivity index (χ0v) is 20.6. The van der Waals surface area contributed by atoms with E-state index in [-0.39, 0.29) is 19.9 Å². The van der Waals surface area contributed by atoms with Gasteiger partial charge in [-0.1, -0.05) is 11.6 Å². The Morgan fingerprint density at radius 2 is 1.56 bits per heavy atom. The number of halogens is 1. The van der Waals surface area contributed by atoms with E-state index in [4.69, 9.17) is 28.6 Å². The summed E-state index contributed by atoms with van der Waals surface area (Å²) in [5.41, 5.74) is 0.998. The van der Waals surface area contributed by atoms with Gasteiger partial charge in [0.2, 0.25) is 20.0 Å². The number of hydrogen-bond donors (Lipinski definition) is 2. The lowest BCUT2D eigenvalue weighted by atomic mass is 10.3. The van der Waals surface area contributed by atoms with Crippen molar-refractivity contribution in [1.29, 1.82) is 0 Å². The SMILES string of the molecule is CN(C)S(=O)(=O)c1cc(NC(=S)Nc2ccc(S(=O)(=O)N3CCOCC3)cc2)ccc1Cl. The Bertz CT molecular complexity index is 1200. The molecule has 9 nitrogen and oxygen atoms in total. The normalized spacial score (nSPS) is 15.5. The molecule has 0 aliphatic carbocycles. The smallest absolute Gasteiger partial charge is 0.244 e. The summed E-state index contributed by atoms with van der Waals surface area (Å²) in [5, 5.41) is 6.14. The van der Waals surface area contributed by atoms with Crippen molar-refractivity contribution in [3.05, 3.63) is 47.5 Å². The van der Waals surface area contributed by atoms with E-state index in [1.165, 1.54) is 42.7 Å². The van der Waals surface area contributed by atoms with Crippen molar-refractivity contribution in [2.24, 2.45) is 0 Å². The Labute approximate surface area is 198 Å². The van der Waals surface area contributed by atoms with Crippen molar-refractivity contribution < 1.29 is 21.6 Å². The van der Waals surface area contributed by atoms with E-state index in [0.29, 0.717) is 37.7 Å². The zero-order valence-electron chi connectivity index (χ0n) is 17.4. The van der Waals surface area contributed by atoms with E-state index in [1.807, 2.05) is 0 Å². The fraction of sp³-hybridized carbons (Fsp3) is 0.316. The first-order valence-electron chi connectivity index (χ1n) is 9.50. The highest BCUT2D eigenvalue weighted by Crippen LogP contribution is 2.27. The molecule has 2 aromatic rings. The molecule has 1 saturated heterocycles. The average molecular weight is 519 g/mol. The van der Waals surface area contributed by atoms with Crippen LogP contribution < -0.4 is 10.6 Å². The van der Waals surface area contributed by atoms with Gasteiger partial charge in [0, 0.05) is 38.6 Å². The van der Waals surface area contributed by atoms with Gasteiger partial charge in [-0.3, -0.25) is 0 Å². The van der Waals surface area contributed by atoms with Crippen LogP contribution in [0.25, 0.3) is 0 Å². The second-order valence-electron chi connectivity index (χ2n) is 7.05. The number of nitrogens with zero attached hydrogens (tertiary/aromatic N) is 2. The largest absolute Gasteiger partial charge is 0.379 e. The summed E-state index contributed by atoms with van der Waals surface area (Å²) in [7, 11) is -4.47. The summed E-state index contributed by atoms with van der Waals surface area (Å²) in [6.45, 7) is 1.40. The third-order valence-electron chi connectivity index (χ3n) is 4.67. The minimum atomic E-state index is -3.72. The lowest BCUT2D eigenvalue weighted by molar-refractivity contribution is 0.0730. The fourth-order valence-electron chi connectivity index (χ4n) is 2.92. The first kappa shape index (κ1) is 24.8. The Balaban J connectivity index is 1.69. The molecule has 0 atom stereocenters. The lowest BCUT2D eigenvalue weighted by Crippen LogP contribution is -2.40. The third-order valence-corrected chi connectivity index (χ3v) is 9.08. The molecule has 0 spiro atoms. The second-order valence-corrected chi connectivity index (χ2v) is 11.9. The highest BCUT2D eigenvalue weighted by Gasteiger charge is 2.26. The van der Waals surface area contributed by atoms with Gasteiger partial charge in [-0.05, 0) is 54.7 Å². The maximum atomic E-state index is 12.7. The van der Waals surface area contributed by atoms with Gasteiger partial charge in [-0.2, -0.15) is 4.31 Å². The molecule has 13 heteroatoms. The van der Waals surface area contributed by atoms with Gasteiger partial charge in [0.15, 0.2) is 5.11 Å². The van der Waals surface area contributed by atoms with Gasteiger partial charge in [-0.25, -0.2) is 21.1 Å². The van der Waals surface area contributed by atoms with Crippen LogP contribution in [0.3, 0.4) is 0 Å². The molecule has 3 rings (SSSR count). The van der Waals surface area contributed by atoms with Gasteiger partial charge < -0.3 is 15.4 Å². The molecule has 2 aromatic carbocycles. The molecule has 1 aliphatic rings. The highest BCUT2D eigenvalue weighted by molar-refractivity contribution is 7.89. The molecule has 2 N–H and O–H groups in total. The maximum Gasteiger partial charge on any atom is 0.244 e. The first-order chi connectivity index (χ1) is 15.0. The standard InChI is InChI=1S/C19H23ClN4O5S3/c1-23(2)32(27,28)18-13-15(5-8-17(18)20)22-19(30)21-14-3-6-16(7-4-14)31(25,26)24-9-11-29-12-10-24/h3-8,13H,9-12H2,1-2H3,(H2,21,22,30). The quantitative estimate of drug-likeness (QED) is 0.561. The number of rotatable bonds is 6. The molecule has 0 unspecified atom stereocenters. The number of ether oxygens (including phenoxy) is 1. The monoisotopic (exact) mass is 518 g/mol. The van der Waals surface area contributed by atoms with Crippen LogP contribution in [0.15, 0.2) is 52.3 Å². The lowest BCUT2D eigenvalue weighted by Gasteiger charge is -2.26. The van der Waals surface area contributed by atoms with Crippen molar-refractivity contribution in [3.63, 3.8) is 0 Å². The Morgan fingerprint density at radius 1 is 1.00 bits per heavy atom. The maximum absolute atomic E-state index is 12.7. The van der Waals surface area contributed by atoms with E-state index in [2.05, 4.69) is 10.6 Å². The predicted octanol–water partition coefficient (Wildman–Crippen LogP) is 2.42. The van der Waals surface area contributed by atoms with Crippen LogP contribution in [0.4, 0.5) is 11.4 Å². The predicted molar refractivity (Wildman–Crippen MR) is 128 cm³/mol. The Morgan fingerprint density at radius 3 is 2.16 bits per heavy atom. The van der Waals surface area contributed by atoms with E-state index < -0.39 is 20.0 Å². The number of nitrogens with one attached hydrogen (secondary N) is 2. The Hall–Kier alpha value is -1.80. The van der Waals surface area contributed by atoms with Crippen LogP contribution in [0.1, 0.15) is 0 Å². The molecule has 0 radical (unpaired) electrons. The number of hydrogen-bond acceptors (Lipinski definition) is 6. The van der Waals surface area contributed by atoms with E-state index >= 15 is 0 Å². The van der Waals surface area contributed by atoms with Crippen LogP contribution in [0.2, 0.25) is 5.02 Å². The summed E-state index contributed by atoms with van der Waals surface area (Å²) in [6.07, 6.45) is 0. The number of thiocarbonyl (C=S) groups is 1. The van der Waals surface area contributed by atoms with Gasteiger partial charge in [0.05, 0.1) is 23.1 Å². The van der Waals surface area contributed by atoms with Gasteiger partial charge in [0.1, 0.15) is 4.90 Å². The van der Waals surface area contributed by atoms with E-state index in [1.54, 1.807) is 18.2 Å². The van der Waals surface area contributed by atoms with E-state index in [0.717, 1.165) is 4.31 Å². The molecule has 32 heavy (non-hydrogen) atoms. The molecule has 0 amide bonds. The summed E-state index contributed by atoms with van der Waals surface area (Å²) in [6, 6.07) is 10.7. The average Bonchev–Trinajstić information content (AvgIpc) is 2.76. The summed E-state index contributed by atoms with van der Waals surface area (Å²) in [4.78, 5) is 0.134. The first-order valence-corrected chi connectivity index (χ1v) is 13.2. The number of anilines is 2. The van der Waals surface area contributed by atoms with Crippen LogP contribution in [0.5, 0.6) is 0 Å². The third kappa shape index (κ3) is 5.57. The second kappa shape index (κ2) is 10.00. The fourth-order valence-corrected chi connectivity index (χ4v) is 5.95. The molecule has 0 aromatic heterocycles. The molecule has 1 fully saturated rings. The molecular weight excluding hydrogens is 496 g/mol. The highest BCUT2D eigenvalue weighted by atomic mass is 35.5. The van der Waals surface area contributed by atoms with Crippen molar-refractivity contribution in [3.8, 4) is 0 Å². The Kier molecular flexibility index (Phi) is 7.76. The number of morpholine rings is 1. The van der Waals surface area contributed by atoms with Crippen molar-refractivity contribution >= 4 is 60.4 Å². The van der Waals surface area contributed by atoms with Crippen molar-refractivity contribution in [2.45, 2.75) is 9.79 Å².